The monoisotopic (exact) mass is 460 g/mol. The smallest absolute Gasteiger partial charge is 0.234 e. The molecular weight excluding hydrogens is 432 g/mol. The number of nitrogens with one attached hydrogen (secondary N) is 1. The Kier molecular flexibility index (Phi) is 8.35. The van der Waals surface area contributed by atoms with Crippen molar-refractivity contribution in [2.45, 2.75) is 62.7 Å². The Labute approximate surface area is 193 Å². The summed E-state index contributed by atoms with van der Waals surface area (Å²) in [6.07, 6.45) is 6.85. The number of benzene rings is 1. The second-order valence-electron chi connectivity index (χ2n) is 8.03. The van der Waals surface area contributed by atoms with E-state index >= 15 is 0 Å². The van der Waals surface area contributed by atoms with Crippen LogP contribution in [0.5, 0.6) is 0 Å². The van der Waals surface area contributed by atoms with Gasteiger partial charge >= 0.3 is 0 Å². The Hall–Kier alpha value is -2.08. The zero-order valence-corrected chi connectivity index (χ0v) is 19.8. The summed E-state index contributed by atoms with van der Waals surface area (Å²) in [4.78, 5) is 14.8. The first-order valence-corrected chi connectivity index (χ1v) is 12.0. The number of aromatic nitrogens is 3. The molecule has 1 aromatic heterocycles. The number of thioether (sulfide) groups is 1. The normalized spacial score (nSPS) is 15.6. The van der Waals surface area contributed by atoms with Crippen LogP contribution in [0.3, 0.4) is 0 Å². The predicted molar refractivity (Wildman–Crippen MR) is 124 cm³/mol. The van der Waals surface area contributed by atoms with Gasteiger partial charge in [0, 0.05) is 11.1 Å². The van der Waals surface area contributed by atoms with Crippen molar-refractivity contribution in [3.63, 3.8) is 0 Å². The Bertz CT molecular complexity index is 948. The second kappa shape index (κ2) is 11.0. The van der Waals surface area contributed by atoms with Gasteiger partial charge in [-0.05, 0) is 51.6 Å². The number of rotatable bonds is 8. The van der Waals surface area contributed by atoms with Crippen molar-refractivity contribution in [1.82, 2.24) is 19.7 Å². The molecule has 1 aromatic carbocycles. The van der Waals surface area contributed by atoms with E-state index in [2.05, 4.69) is 52.1 Å². The van der Waals surface area contributed by atoms with Crippen LogP contribution < -0.4 is 5.32 Å². The van der Waals surface area contributed by atoms with Crippen LogP contribution >= 0.6 is 23.4 Å². The lowest BCUT2D eigenvalue weighted by Crippen LogP contribution is -2.26. The molecule has 0 bridgehead atoms. The number of anilines is 1. The van der Waals surface area contributed by atoms with Crippen LogP contribution in [0, 0.1) is 11.3 Å². The van der Waals surface area contributed by atoms with Gasteiger partial charge in [0.05, 0.1) is 23.0 Å². The van der Waals surface area contributed by atoms with Crippen LogP contribution in [0.1, 0.15) is 68.9 Å². The molecule has 7 nitrogen and oxygen atoms in total. The van der Waals surface area contributed by atoms with E-state index in [4.69, 9.17) is 11.6 Å². The first-order valence-electron chi connectivity index (χ1n) is 10.7. The Morgan fingerprint density at radius 2 is 2.10 bits per heavy atom. The quantitative estimate of drug-likeness (QED) is 0.554. The predicted octanol–water partition coefficient (Wildman–Crippen LogP) is 5.05. The molecule has 0 spiro atoms. The number of nitrogens with zero attached hydrogens (tertiary/aromatic N) is 5. The number of nitriles is 1. The van der Waals surface area contributed by atoms with Crippen LogP contribution in [-0.4, -0.2) is 45.4 Å². The van der Waals surface area contributed by atoms with Crippen LogP contribution in [0.15, 0.2) is 23.4 Å². The fourth-order valence-electron chi connectivity index (χ4n) is 4.11. The van der Waals surface area contributed by atoms with Gasteiger partial charge in [0.1, 0.15) is 6.07 Å². The molecule has 0 aliphatic heterocycles. The summed E-state index contributed by atoms with van der Waals surface area (Å²) < 4.78 is 2.27. The molecule has 2 aromatic rings. The number of hydrogen-bond donors (Lipinski definition) is 1. The molecule has 1 heterocycles. The molecule has 1 saturated carbocycles. The fraction of sp³-hybridized carbons (Fsp3) is 0.545. The lowest BCUT2D eigenvalue weighted by atomic mass is 9.95. The maximum absolute atomic E-state index is 12.6. The van der Waals surface area contributed by atoms with Gasteiger partial charge in [0.25, 0.3) is 0 Å². The molecule has 9 heteroatoms. The van der Waals surface area contributed by atoms with Gasteiger partial charge in [-0.25, -0.2) is 0 Å². The van der Waals surface area contributed by atoms with Gasteiger partial charge in [-0.2, -0.15) is 5.26 Å². The first-order chi connectivity index (χ1) is 14.9. The summed E-state index contributed by atoms with van der Waals surface area (Å²) in [7, 11) is 4.12. The zero-order valence-electron chi connectivity index (χ0n) is 18.3. The van der Waals surface area contributed by atoms with Gasteiger partial charge in [0.15, 0.2) is 11.0 Å². The minimum absolute atomic E-state index is 0.182. The van der Waals surface area contributed by atoms with E-state index in [9.17, 15) is 10.1 Å². The molecule has 1 atom stereocenters. The molecule has 1 N–H and O–H groups in total. The van der Waals surface area contributed by atoms with E-state index in [1.807, 2.05) is 0 Å². The number of amides is 1. The van der Waals surface area contributed by atoms with E-state index in [1.165, 1.54) is 31.0 Å². The number of hydrogen-bond acceptors (Lipinski definition) is 6. The highest BCUT2D eigenvalue weighted by atomic mass is 35.5. The first kappa shape index (κ1) is 23.6. The number of carbonyl (C=O) groups excluding carboxylic acids is 1. The molecule has 0 unspecified atom stereocenters. The van der Waals surface area contributed by atoms with Crippen molar-refractivity contribution in [1.29, 1.82) is 5.26 Å². The van der Waals surface area contributed by atoms with E-state index < -0.39 is 0 Å². The molecule has 1 fully saturated rings. The second-order valence-corrected chi connectivity index (χ2v) is 9.41. The summed E-state index contributed by atoms with van der Waals surface area (Å²) in [6.45, 7) is 2.16. The van der Waals surface area contributed by atoms with Gasteiger partial charge in [-0.15, -0.1) is 10.2 Å². The maximum Gasteiger partial charge on any atom is 0.234 e. The molecule has 3 rings (SSSR count). The maximum atomic E-state index is 12.6. The summed E-state index contributed by atoms with van der Waals surface area (Å²) in [5.74, 6) is 0.952. The Balaban J connectivity index is 1.78. The summed E-state index contributed by atoms with van der Waals surface area (Å²) in [5.41, 5.74) is 0.806. The topological polar surface area (TPSA) is 86.8 Å². The molecule has 166 valence electrons. The van der Waals surface area contributed by atoms with Crippen molar-refractivity contribution < 1.29 is 4.79 Å². The van der Waals surface area contributed by atoms with Gasteiger partial charge in [0.2, 0.25) is 5.91 Å². The Morgan fingerprint density at radius 3 is 2.74 bits per heavy atom. The third-order valence-corrected chi connectivity index (χ3v) is 6.83. The van der Waals surface area contributed by atoms with Gasteiger partial charge in [-0.3, -0.25) is 9.69 Å². The molecular formula is C22H29ClN6OS. The largest absolute Gasteiger partial charge is 0.324 e. The highest BCUT2D eigenvalue weighted by Crippen LogP contribution is 2.35. The van der Waals surface area contributed by atoms with Gasteiger partial charge in [-0.1, -0.05) is 49.5 Å². The van der Waals surface area contributed by atoms with E-state index in [1.54, 1.807) is 18.2 Å². The summed E-state index contributed by atoms with van der Waals surface area (Å²) >= 11 is 7.41. The highest BCUT2D eigenvalue weighted by molar-refractivity contribution is 7.99. The van der Waals surface area contributed by atoms with E-state index in [0.717, 1.165) is 30.2 Å². The summed E-state index contributed by atoms with van der Waals surface area (Å²) in [5, 5.41) is 22.3. The van der Waals surface area contributed by atoms with Crippen LogP contribution in [-0.2, 0) is 4.79 Å². The molecule has 0 saturated heterocycles. The molecule has 0 radical (unpaired) electrons. The number of carbonyl (C=O) groups is 1. The lowest BCUT2D eigenvalue weighted by Gasteiger charge is -2.29. The third kappa shape index (κ3) is 5.79. The van der Waals surface area contributed by atoms with E-state index in [-0.39, 0.29) is 17.7 Å². The van der Waals surface area contributed by atoms with Crippen molar-refractivity contribution >= 4 is 35.0 Å². The van der Waals surface area contributed by atoms with Crippen LogP contribution in [0.2, 0.25) is 5.02 Å². The van der Waals surface area contributed by atoms with Gasteiger partial charge < -0.3 is 9.88 Å². The standard InChI is InChI=1S/C22H29ClN6OS/c1-4-19(28(2)3)21-26-27-22(29(21)17-8-6-5-7-9-17)31-14-20(30)25-18-12-16(23)11-10-15(18)13-24/h10-12,17,19H,4-9,14H2,1-3H3,(H,25,30)/t19-/m1/s1. The van der Waals surface area contributed by atoms with E-state index in [0.29, 0.717) is 22.3 Å². The number of halogens is 1. The third-order valence-electron chi connectivity index (χ3n) is 5.65. The molecule has 1 aliphatic rings. The van der Waals surface area contributed by atoms with Crippen molar-refractivity contribution in [2.24, 2.45) is 0 Å². The van der Waals surface area contributed by atoms with Crippen molar-refractivity contribution in [3.05, 3.63) is 34.6 Å². The molecule has 1 aliphatic carbocycles. The van der Waals surface area contributed by atoms with Crippen LogP contribution in [0.25, 0.3) is 0 Å². The summed E-state index contributed by atoms with van der Waals surface area (Å²) in [6, 6.07) is 7.45. The fourth-order valence-corrected chi connectivity index (χ4v) is 5.09. The van der Waals surface area contributed by atoms with Crippen molar-refractivity contribution in [2.75, 3.05) is 25.2 Å². The average Bonchev–Trinajstić information content (AvgIpc) is 3.17. The zero-order chi connectivity index (χ0) is 22.4. The highest BCUT2D eigenvalue weighted by Gasteiger charge is 2.28. The van der Waals surface area contributed by atoms with Crippen LogP contribution in [0.4, 0.5) is 5.69 Å². The molecule has 1 amide bonds. The lowest BCUT2D eigenvalue weighted by molar-refractivity contribution is -0.113. The minimum atomic E-state index is -0.205. The van der Waals surface area contributed by atoms with Crippen molar-refractivity contribution in [3.8, 4) is 6.07 Å². The Morgan fingerprint density at radius 1 is 1.35 bits per heavy atom. The minimum Gasteiger partial charge on any atom is -0.324 e. The average molecular weight is 461 g/mol. The molecule has 31 heavy (non-hydrogen) atoms. The SMILES string of the molecule is CC[C@H](c1nnc(SCC(=O)Nc2cc(Cl)ccc2C#N)n1C1CCCCC1)N(C)C.